The normalized spacial score (nSPS) is 11.0. The van der Waals surface area contributed by atoms with Crippen molar-refractivity contribution in [3.63, 3.8) is 0 Å². The Kier molecular flexibility index (Phi) is 3.43. The number of halogens is 3. The van der Waals surface area contributed by atoms with Crippen LogP contribution in [0.2, 0.25) is 5.02 Å². The molecule has 0 aliphatic carbocycles. The number of rotatable bonds is 2. The van der Waals surface area contributed by atoms with Crippen LogP contribution in [0.25, 0.3) is 22.4 Å². The van der Waals surface area contributed by atoms with E-state index in [1.54, 1.807) is 18.2 Å². The SMILES string of the molecule is O=C(O)c1cc2nc(-c3ccc(Cl)cc3Br)[nH]c2cc1F. The fraction of sp³-hybridized carbons (Fsp3) is 0. The van der Waals surface area contributed by atoms with E-state index in [4.69, 9.17) is 16.7 Å². The van der Waals surface area contributed by atoms with E-state index >= 15 is 0 Å². The monoisotopic (exact) mass is 368 g/mol. The van der Waals surface area contributed by atoms with E-state index < -0.39 is 17.3 Å². The Hall–Kier alpha value is -1.92. The largest absolute Gasteiger partial charge is 0.478 e. The molecule has 0 unspecified atom stereocenters. The maximum absolute atomic E-state index is 13.7. The first-order valence-electron chi connectivity index (χ1n) is 5.83. The smallest absolute Gasteiger partial charge is 0.338 e. The van der Waals surface area contributed by atoms with Crippen molar-refractivity contribution in [2.24, 2.45) is 0 Å². The van der Waals surface area contributed by atoms with Crippen molar-refractivity contribution < 1.29 is 14.3 Å². The van der Waals surface area contributed by atoms with Crippen LogP contribution in [-0.2, 0) is 0 Å². The molecular weight excluding hydrogens is 363 g/mol. The zero-order chi connectivity index (χ0) is 15.1. The lowest BCUT2D eigenvalue weighted by atomic mass is 10.2. The lowest BCUT2D eigenvalue weighted by Crippen LogP contribution is -1.99. The number of benzene rings is 2. The van der Waals surface area contributed by atoms with Gasteiger partial charge in [0.15, 0.2) is 0 Å². The maximum atomic E-state index is 13.7. The lowest BCUT2D eigenvalue weighted by Gasteiger charge is -2.00. The molecule has 21 heavy (non-hydrogen) atoms. The maximum Gasteiger partial charge on any atom is 0.338 e. The van der Waals surface area contributed by atoms with Crippen LogP contribution < -0.4 is 0 Å². The third kappa shape index (κ3) is 2.52. The third-order valence-electron chi connectivity index (χ3n) is 2.99. The van der Waals surface area contributed by atoms with Crippen LogP contribution in [0.5, 0.6) is 0 Å². The van der Waals surface area contributed by atoms with Gasteiger partial charge in [0.05, 0.1) is 16.6 Å². The second-order valence-corrected chi connectivity index (χ2v) is 5.65. The number of carbonyl (C=O) groups is 1. The summed E-state index contributed by atoms with van der Waals surface area (Å²) in [4.78, 5) is 18.2. The zero-order valence-electron chi connectivity index (χ0n) is 10.3. The molecule has 0 bridgehead atoms. The number of carboxylic acid groups (broad SMARTS) is 1. The van der Waals surface area contributed by atoms with Gasteiger partial charge in [0.1, 0.15) is 11.6 Å². The summed E-state index contributed by atoms with van der Waals surface area (Å²) in [6.45, 7) is 0. The first-order valence-corrected chi connectivity index (χ1v) is 7.01. The van der Waals surface area contributed by atoms with Crippen LogP contribution in [-0.4, -0.2) is 21.0 Å². The average Bonchev–Trinajstić information content (AvgIpc) is 2.79. The molecule has 1 aromatic heterocycles. The number of nitrogens with one attached hydrogen (secondary N) is 1. The highest BCUT2D eigenvalue weighted by Gasteiger charge is 2.15. The van der Waals surface area contributed by atoms with Crippen molar-refractivity contribution >= 4 is 44.5 Å². The second-order valence-electron chi connectivity index (χ2n) is 4.36. The molecule has 7 heteroatoms. The standard InChI is InChI=1S/C14H7BrClFN2O2/c15-9-3-6(16)1-2-7(9)13-18-11-4-8(14(20)21)10(17)5-12(11)19-13/h1-5H,(H,18,19)(H,20,21). The lowest BCUT2D eigenvalue weighted by molar-refractivity contribution is 0.0692. The van der Waals surface area contributed by atoms with E-state index in [9.17, 15) is 9.18 Å². The van der Waals surface area contributed by atoms with Crippen LogP contribution in [0.1, 0.15) is 10.4 Å². The number of aromatic amines is 1. The number of hydrogen-bond acceptors (Lipinski definition) is 2. The van der Waals surface area contributed by atoms with Crippen LogP contribution in [0.3, 0.4) is 0 Å². The molecule has 3 aromatic rings. The predicted octanol–water partition coefficient (Wildman–Crippen LogP) is 4.48. The summed E-state index contributed by atoms with van der Waals surface area (Å²) in [5.74, 6) is -1.64. The molecule has 3 rings (SSSR count). The van der Waals surface area contributed by atoms with Gasteiger partial charge < -0.3 is 10.1 Å². The molecular formula is C14H7BrClFN2O2. The van der Waals surface area contributed by atoms with Crippen molar-refractivity contribution in [2.45, 2.75) is 0 Å². The van der Waals surface area contributed by atoms with Crippen molar-refractivity contribution in [3.05, 3.63) is 51.2 Å². The molecule has 1 heterocycles. The molecule has 0 amide bonds. The summed E-state index contributed by atoms with van der Waals surface area (Å²) >= 11 is 9.26. The quantitative estimate of drug-likeness (QED) is 0.700. The second kappa shape index (κ2) is 5.13. The number of aromatic nitrogens is 2. The van der Waals surface area contributed by atoms with Gasteiger partial charge in [0.2, 0.25) is 0 Å². The molecule has 106 valence electrons. The first kappa shape index (κ1) is 14.0. The molecule has 0 spiro atoms. The molecule has 0 atom stereocenters. The van der Waals surface area contributed by atoms with Crippen molar-refractivity contribution in [3.8, 4) is 11.4 Å². The van der Waals surface area contributed by atoms with Crippen molar-refractivity contribution in [1.82, 2.24) is 9.97 Å². The van der Waals surface area contributed by atoms with E-state index in [1.807, 2.05) is 0 Å². The minimum absolute atomic E-state index is 0.380. The summed E-state index contributed by atoms with van der Waals surface area (Å²) in [5.41, 5.74) is 1.14. The fourth-order valence-corrected chi connectivity index (χ4v) is 2.87. The van der Waals surface area contributed by atoms with Gasteiger partial charge in [-0.25, -0.2) is 14.2 Å². The number of fused-ring (bicyclic) bond motifs is 1. The highest BCUT2D eigenvalue weighted by atomic mass is 79.9. The number of carboxylic acids is 1. The number of aromatic carboxylic acids is 1. The minimum atomic E-state index is -1.33. The molecule has 0 fully saturated rings. The van der Waals surface area contributed by atoms with Crippen LogP contribution in [0.15, 0.2) is 34.8 Å². The summed E-state index contributed by atoms with van der Waals surface area (Å²) in [6.07, 6.45) is 0. The van der Waals surface area contributed by atoms with Gasteiger partial charge in [-0.1, -0.05) is 11.6 Å². The van der Waals surface area contributed by atoms with Gasteiger partial charge in [0, 0.05) is 21.1 Å². The Labute approximate surface area is 131 Å². The van der Waals surface area contributed by atoms with E-state index in [0.29, 0.717) is 21.9 Å². The molecule has 0 aliphatic heterocycles. The van der Waals surface area contributed by atoms with Crippen LogP contribution >= 0.6 is 27.5 Å². The number of nitrogens with zero attached hydrogens (tertiary/aromatic N) is 1. The average molecular weight is 370 g/mol. The van der Waals surface area contributed by atoms with E-state index in [1.165, 1.54) is 6.07 Å². The van der Waals surface area contributed by atoms with E-state index in [2.05, 4.69) is 25.9 Å². The van der Waals surface area contributed by atoms with Gasteiger partial charge in [-0.05, 0) is 40.2 Å². The third-order valence-corrected chi connectivity index (χ3v) is 3.88. The molecule has 4 nitrogen and oxygen atoms in total. The number of imidazole rings is 1. The molecule has 0 radical (unpaired) electrons. The Balaban J connectivity index is 2.19. The summed E-state index contributed by atoms with van der Waals surface area (Å²) in [6, 6.07) is 7.51. The molecule has 0 saturated carbocycles. The van der Waals surface area contributed by atoms with Gasteiger partial charge in [-0.15, -0.1) is 0 Å². The summed E-state index contributed by atoms with van der Waals surface area (Å²) < 4.78 is 14.4. The molecule has 2 N–H and O–H groups in total. The predicted molar refractivity (Wildman–Crippen MR) is 81.2 cm³/mol. The van der Waals surface area contributed by atoms with Crippen LogP contribution in [0.4, 0.5) is 4.39 Å². The topological polar surface area (TPSA) is 66.0 Å². The Morgan fingerprint density at radius 3 is 2.76 bits per heavy atom. The highest BCUT2D eigenvalue weighted by Crippen LogP contribution is 2.30. The molecule has 0 saturated heterocycles. The number of H-pyrrole nitrogens is 1. The summed E-state index contributed by atoms with van der Waals surface area (Å²) in [5, 5.41) is 9.49. The van der Waals surface area contributed by atoms with Crippen molar-refractivity contribution in [2.75, 3.05) is 0 Å². The van der Waals surface area contributed by atoms with Gasteiger partial charge >= 0.3 is 5.97 Å². The van der Waals surface area contributed by atoms with Gasteiger partial charge in [-0.3, -0.25) is 0 Å². The fourth-order valence-electron chi connectivity index (χ4n) is 2.00. The van der Waals surface area contributed by atoms with Gasteiger partial charge in [-0.2, -0.15) is 0 Å². The first-order chi connectivity index (χ1) is 9.95. The van der Waals surface area contributed by atoms with E-state index in [-0.39, 0.29) is 0 Å². The summed E-state index contributed by atoms with van der Waals surface area (Å²) in [7, 11) is 0. The Morgan fingerprint density at radius 1 is 1.33 bits per heavy atom. The Bertz CT molecular complexity index is 879. The molecule has 2 aromatic carbocycles. The molecule has 0 aliphatic rings. The Morgan fingerprint density at radius 2 is 2.10 bits per heavy atom. The number of hydrogen-bond donors (Lipinski definition) is 2. The zero-order valence-corrected chi connectivity index (χ0v) is 12.7. The minimum Gasteiger partial charge on any atom is -0.478 e. The van der Waals surface area contributed by atoms with Crippen LogP contribution in [0, 0.1) is 5.82 Å². The van der Waals surface area contributed by atoms with E-state index in [0.717, 1.165) is 16.1 Å². The highest BCUT2D eigenvalue weighted by molar-refractivity contribution is 9.10. The van der Waals surface area contributed by atoms with Crippen molar-refractivity contribution in [1.29, 1.82) is 0 Å². The van der Waals surface area contributed by atoms with Gasteiger partial charge in [0.25, 0.3) is 0 Å².